The molecular weight excluding hydrogens is 648 g/mol. The van der Waals surface area contributed by atoms with Gasteiger partial charge in [0, 0.05) is 0 Å². The first kappa shape index (κ1) is 26.6. The van der Waals surface area contributed by atoms with Gasteiger partial charge in [0.15, 0.2) is 5.17 Å². The number of anilines is 1. The summed E-state index contributed by atoms with van der Waals surface area (Å²) in [5.41, 5.74) is 3.54. The number of aliphatic imine (C=N–C) groups is 1. The largest absolute Gasteiger partial charge is 0.487 e. The van der Waals surface area contributed by atoms with Gasteiger partial charge in [0.05, 0.1) is 25.2 Å². The number of ether oxygens (including phenoxy) is 1. The van der Waals surface area contributed by atoms with Crippen LogP contribution in [0.15, 0.2) is 134 Å². The van der Waals surface area contributed by atoms with Gasteiger partial charge in [-0.1, -0.05) is 78.9 Å². The normalized spacial score (nSPS) is 15.3. The lowest BCUT2D eigenvalue weighted by Gasteiger charge is -2.15. The van der Waals surface area contributed by atoms with Gasteiger partial charge in [0.25, 0.3) is 5.91 Å². The van der Waals surface area contributed by atoms with Crippen LogP contribution < -0.4 is 9.64 Å². The van der Waals surface area contributed by atoms with Crippen LogP contribution in [0.2, 0.25) is 0 Å². The van der Waals surface area contributed by atoms with Gasteiger partial charge in [-0.3, -0.25) is 9.69 Å². The molecule has 7 heteroatoms. The van der Waals surface area contributed by atoms with Crippen LogP contribution >= 0.6 is 43.6 Å². The van der Waals surface area contributed by atoms with E-state index in [0.717, 1.165) is 31.4 Å². The summed E-state index contributed by atoms with van der Waals surface area (Å²) in [6.45, 7) is 0.429. The Labute approximate surface area is 253 Å². The first-order valence-corrected chi connectivity index (χ1v) is 15.0. The van der Waals surface area contributed by atoms with E-state index in [2.05, 4.69) is 56.1 Å². The highest BCUT2D eigenvalue weighted by Gasteiger charge is 2.34. The molecule has 4 nitrogen and oxygen atoms in total. The van der Waals surface area contributed by atoms with Crippen molar-refractivity contribution in [3.05, 3.63) is 140 Å². The molecule has 0 aromatic heterocycles. The van der Waals surface area contributed by atoms with E-state index in [1.165, 1.54) is 22.5 Å². The van der Waals surface area contributed by atoms with E-state index < -0.39 is 0 Å². The zero-order chi connectivity index (χ0) is 27.5. The Morgan fingerprint density at radius 2 is 1.45 bits per heavy atom. The minimum Gasteiger partial charge on any atom is -0.487 e. The highest BCUT2D eigenvalue weighted by Crippen LogP contribution is 2.40. The standard InChI is InChI=1S/C33H22Br2N2O2S/c34-28-18-22(19-29(35)31(28)39-21-24-12-9-11-23-10-7-8-17-27(23)24)20-30-32(38)37(26-15-5-2-6-16-26)33(40-30)36-25-13-3-1-4-14-25/h1-20H,21H2/b30-20+,36-33?. The van der Waals surface area contributed by atoms with Gasteiger partial charge in [0.1, 0.15) is 12.4 Å². The second-order valence-electron chi connectivity index (χ2n) is 9.06. The van der Waals surface area contributed by atoms with Gasteiger partial charge >= 0.3 is 0 Å². The molecule has 6 rings (SSSR count). The number of benzene rings is 5. The van der Waals surface area contributed by atoms with E-state index in [9.17, 15) is 4.79 Å². The SMILES string of the molecule is O=C1/C(=C\c2cc(Br)c(OCc3cccc4ccccc34)c(Br)c2)SC(=Nc2ccccc2)N1c1ccccc1. The average Bonchev–Trinajstić information content (AvgIpc) is 3.27. The smallest absolute Gasteiger partial charge is 0.271 e. The quantitative estimate of drug-likeness (QED) is 0.169. The van der Waals surface area contributed by atoms with E-state index in [1.807, 2.05) is 97.1 Å². The van der Waals surface area contributed by atoms with Crippen molar-refractivity contribution in [1.82, 2.24) is 0 Å². The molecule has 1 aliphatic rings. The lowest BCUT2D eigenvalue weighted by Crippen LogP contribution is -2.28. The number of halogens is 2. The minimum absolute atomic E-state index is 0.116. The third kappa shape index (κ3) is 5.63. The van der Waals surface area contributed by atoms with Crippen molar-refractivity contribution in [3.63, 3.8) is 0 Å². The molecule has 0 spiro atoms. The Kier molecular flexibility index (Phi) is 7.86. The molecule has 1 saturated heterocycles. The second-order valence-corrected chi connectivity index (χ2v) is 11.8. The highest BCUT2D eigenvalue weighted by molar-refractivity contribution is 9.11. The maximum absolute atomic E-state index is 13.6. The lowest BCUT2D eigenvalue weighted by molar-refractivity contribution is -0.113. The summed E-state index contributed by atoms with van der Waals surface area (Å²) in [6, 6.07) is 37.7. The Hall–Kier alpha value is -3.65. The summed E-state index contributed by atoms with van der Waals surface area (Å²) in [4.78, 5) is 20.7. The third-order valence-electron chi connectivity index (χ3n) is 6.37. The predicted octanol–water partition coefficient (Wildman–Crippen LogP) is 9.75. The van der Waals surface area contributed by atoms with Gasteiger partial charge < -0.3 is 4.74 Å². The molecular formula is C33H22Br2N2O2S. The third-order valence-corrected chi connectivity index (χ3v) is 8.52. The fraction of sp³-hybridized carbons (Fsp3) is 0.0303. The maximum atomic E-state index is 13.6. The molecule has 0 bridgehead atoms. The average molecular weight is 670 g/mol. The van der Waals surface area contributed by atoms with Crippen molar-refractivity contribution in [2.45, 2.75) is 6.61 Å². The van der Waals surface area contributed by atoms with Crippen LogP contribution in [-0.2, 0) is 11.4 Å². The first-order chi connectivity index (χ1) is 19.6. The molecule has 0 unspecified atom stereocenters. The summed E-state index contributed by atoms with van der Waals surface area (Å²) < 4.78 is 7.84. The van der Waals surface area contributed by atoms with Gasteiger partial charge in [-0.05, 0) is 108 Å². The van der Waals surface area contributed by atoms with Gasteiger partial charge in [-0.2, -0.15) is 0 Å². The topological polar surface area (TPSA) is 41.9 Å². The molecule has 196 valence electrons. The Bertz CT molecular complexity index is 1740. The number of amides is 1. The van der Waals surface area contributed by atoms with Crippen LogP contribution in [0.3, 0.4) is 0 Å². The van der Waals surface area contributed by atoms with Crippen molar-refractivity contribution in [2.75, 3.05) is 4.90 Å². The number of fused-ring (bicyclic) bond motifs is 1. The summed E-state index contributed by atoms with van der Waals surface area (Å²) in [5, 5.41) is 2.97. The van der Waals surface area contributed by atoms with E-state index in [0.29, 0.717) is 22.4 Å². The fourth-order valence-electron chi connectivity index (χ4n) is 4.49. The number of carbonyl (C=O) groups is 1. The number of hydrogen-bond donors (Lipinski definition) is 0. The summed E-state index contributed by atoms with van der Waals surface area (Å²) in [6.07, 6.45) is 1.89. The molecule has 5 aromatic carbocycles. The van der Waals surface area contributed by atoms with Gasteiger partial charge in [-0.15, -0.1) is 0 Å². The van der Waals surface area contributed by atoms with Crippen LogP contribution in [0.25, 0.3) is 16.8 Å². The van der Waals surface area contributed by atoms with Crippen LogP contribution in [0.1, 0.15) is 11.1 Å². The van der Waals surface area contributed by atoms with E-state index >= 15 is 0 Å². The fourth-order valence-corrected chi connectivity index (χ4v) is 6.94. The molecule has 0 aliphatic carbocycles. The van der Waals surface area contributed by atoms with Crippen LogP contribution in [0.4, 0.5) is 11.4 Å². The molecule has 1 amide bonds. The molecule has 1 fully saturated rings. The molecule has 0 saturated carbocycles. The number of hydrogen-bond acceptors (Lipinski definition) is 4. The summed E-state index contributed by atoms with van der Waals surface area (Å²) in [7, 11) is 0. The molecule has 1 heterocycles. The highest BCUT2D eigenvalue weighted by atomic mass is 79.9. The summed E-state index contributed by atoms with van der Waals surface area (Å²) in [5.74, 6) is 0.590. The predicted molar refractivity (Wildman–Crippen MR) is 173 cm³/mol. The van der Waals surface area contributed by atoms with Gasteiger partial charge in [0.2, 0.25) is 0 Å². The lowest BCUT2D eigenvalue weighted by atomic mass is 10.1. The number of carbonyl (C=O) groups excluding carboxylic acids is 1. The molecule has 1 aliphatic heterocycles. The van der Waals surface area contributed by atoms with Crippen LogP contribution in [-0.4, -0.2) is 11.1 Å². The van der Waals surface area contributed by atoms with Crippen molar-refractivity contribution in [2.24, 2.45) is 4.99 Å². The molecule has 0 N–H and O–H groups in total. The van der Waals surface area contributed by atoms with Crippen LogP contribution in [0.5, 0.6) is 5.75 Å². The number of para-hydroxylation sites is 2. The zero-order valence-electron chi connectivity index (χ0n) is 21.1. The minimum atomic E-state index is -0.116. The number of thioether (sulfide) groups is 1. The van der Waals surface area contributed by atoms with E-state index in [-0.39, 0.29) is 5.91 Å². The number of nitrogens with zero attached hydrogens (tertiary/aromatic N) is 2. The van der Waals surface area contributed by atoms with Crippen molar-refractivity contribution >= 4 is 82.9 Å². The van der Waals surface area contributed by atoms with E-state index in [1.54, 1.807) is 4.90 Å². The van der Waals surface area contributed by atoms with Crippen molar-refractivity contribution < 1.29 is 9.53 Å². The van der Waals surface area contributed by atoms with Crippen LogP contribution in [0, 0.1) is 0 Å². The molecule has 40 heavy (non-hydrogen) atoms. The summed E-state index contributed by atoms with van der Waals surface area (Å²) >= 11 is 8.72. The first-order valence-electron chi connectivity index (χ1n) is 12.6. The van der Waals surface area contributed by atoms with Crippen molar-refractivity contribution in [3.8, 4) is 5.75 Å². The molecule has 5 aromatic rings. The van der Waals surface area contributed by atoms with E-state index in [4.69, 9.17) is 9.73 Å². The van der Waals surface area contributed by atoms with Crippen molar-refractivity contribution in [1.29, 1.82) is 0 Å². The number of amidine groups is 1. The molecule has 0 radical (unpaired) electrons. The molecule has 0 atom stereocenters. The Morgan fingerprint density at radius 3 is 2.20 bits per heavy atom. The zero-order valence-corrected chi connectivity index (χ0v) is 25.1. The van der Waals surface area contributed by atoms with Gasteiger partial charge in [-0.25, -0.2) is 4.99 Å². The Morgan fingerprint density at radius 1 is 0.800 bits per heavy atom. The maximum Gasteiger partial charge on any atom is 0.271 e. The Balaban J connectivity index is 1.29. The monoisotopic (exact) mass is 668 g/mol. The second kappa shape index (κ2) is 11.8. The number of rotatable bonds is 6.